The lowest BCUT2D eigenvalue weighted by atomic mass is 9.76. The highest BCUT2D eigenvalue weighted by molar-refractivity contribution is 5.49. The van der Waals surface area contributed by atoms with Crippen LogP contribution < -0.4 is 5.32 Å². The van der Waals surface area contributed by atoms with E-state index < -0.39 is 5.54 Å². The summed E-state index contributed by atoms with van der Waals surface area (Å²) in [5.74, 6) is 0. The van der Waals surface area contributed by atoms with Crippen molar-refractivity contribution in [3.05, 3.63) is 108 Å². The second kappa shape index (κ2) is 11.1. The summed E-state index contributed by atoms with van der Waals surface area (Å²) >= 11 is 0. The molecule has 3 rings (SSSR count). The molecule has 3 aromatic carbocycles. The zero-order valence-corrected chi connectivity index (χ0v) is 18.2. The molecule has 2 N–H and O–H groups in total. The maximum absolute atomic E-state index is 10.3. The number of nitrogens with zero attached hydrogens (tertiary/aromatic N) is 1. The first-order chi connectivity index (χ1) is 14.7. The zero-order chi connectivity index (χ0) is 21.2. The van der Waals surface area contributed by atoms with Gasteiger partial charge < -0.3 is 10.0 Å². The second-order valence-corrected chi connectivity index (χ2v) is 7.99. The van der Waals surface area contributed by atoms with Crippen LogP contribution in [0.15, 0.2) is 91.0 Å². The minimum Gasteiger partial charge on any atom is -0.395 e. The van der Waals surface area contributed by atoms with Crippen molar-refractivity contribution >= 4 is 0 Å². The summed E-state index contributed by atoms with van der Waals surface area (Å²) in [6, 6.07) is 31.6. The van der Waals surface area contributed by atoms with Gasteiger partial charge in [0.25, 0.3) is 0 Å². The molecule has 0 bridgehead atoms. The molecule has 30 heavy (non-hydrogen) atoms. The number of hydrogen-bond donors (Lipinski definition) is 2. The molecule has 0 aromatic heterocycles. The van der Waals surface area contributed by atoms with Crippen LogP contribution in [-0.2, 0) is 5.54 Å². The van der Waals surface area contributed by atoms with Crippen molar-refractivity contribution in [2.45, 2.75) is 31.3 Å². The summed E-state index contributed by atoms with van der Waals surface area (Å²) < 4.78 is 0. The van der Waals surface area contributed by atoms with E-state index in [1.165, 1.54) is 6.42 Å². The van der Waals surface area contributed by atoms with Gasteiger partial charge in [-0.2, -0.15) is 0 Å². The Kier molecular flexibility index (Phi) is 8.21. The Morgan fingerprint density at radius 2 is 1.23 bits per heavy atom. The van der Waals surface area contributed by atoms with Gasteiger partial charge in [-0.1, -0.05) is 104 Å². The number of unbranched alkanes of at least 4 members (excludes halogenated alkanes) is 1. The molecule has 0 spiro atoms. The monoisotopic (exact) mass is 402 g/mol. The quantitative estimate of drug-likeness (QED) is 0.458. The first-order valence-electron chi connectivity index (χ1n) is 10.9. The third-order valence-electron chi connectivity index (χ3n) is 5.69. The molecule has 0 aliphatic carbocycles. The number of hydrogen-bond acceptors (Lipinski definition) is 3. The van der Waals surface area contributed by atoms with E-state index in [1.807, 2.05) is 18.2 Å². The van der Waals surface area contributed by atoms with Crippen molar-refractivity contribution in [2.24, 2.45) is 0 Å². The summed E-state index contributed by atoms with van der Waals surface area (Å²) in [6.07, 6.45) is 2.33. The number of rotatable bonds is 11. The first kappa shape index (κ1) is 22.2. The Labute approximate surface area is 181 Å². The van der Waals surface area contributed by atoms with Gasteiger partial charge >= 0.3 is 0 Å². The summed E-state index contributed by atoms with van der Waals surface area (Å²) in [5, 5.41) is 14.2. The second-order valence-electron chi connectivity index (χ2n) is 7.99. The number of benzene rings is 3. The fourth-order valence-corrected chi connectivity index (χ4v) is 4.17. The van der Waals surface area contributed by atoms with Gasteiger partial charge in [-0.25, -0.2) is 0 Å². The molecule has 0 fully saturated rings. The van der Waals surface area contributed by atoms with Crippen LogP contribution in [0.3, 0.4) is 0 Å². The lowest BCUT2D eigenvalue weighted by Gasteiger charge is -2.40. The van der Waals surface area contributed by atoms with Crippen LogP contribution in [0.4, 0.5) is 0 Å². The number of aliphatic hydroxyl groups excluding tert-OH is 1. The lowest BCUT2D eigenvalue weighted by molar-refractivity contribution is 0.180. The van der Waals surface area contributed by atoms with Crippen LogP contribution in [0.25, 0.3) is 0 Å². The van der Waals surface area contributed by atoms with E-state index in [4.69, 9.17) is 0 Å². The Morgan fingerprint density at radius 3 is 1.60 bits per heavy atom. The van der Waals surface area contributed by atoms with E-state index in [9.17, 15) is 5.11 Å². The number of aliphatic hydroxyl groups is 1. The van der Waals surface area contributed by atoms with Crippen molar-refractivity contribution in [3.8, 4) is 0 Å². The predicted octanol–water partition coefficient (Wildman–Crippen LogP) is 4.66. The van der Waals surface area contributed by atoms with Crippen LogP contribution in [0.2, 0.25) is 0 Å². The Morgan fingerprint density at radius 1 is 0.800 bits per heavy atom. The molecule has 1 atom stereocenters. The van der Waals surface area contributed by atoms with E-state index in [-0.39, 0.29) is 12.6 Å². The summed E-state index contributed by atoms with van der Waals surface area (Å²) in [5.41, 5.74) is 2.94. The highest BCUT2D eigenvalue weighted by atomic mass is 16.3. The molecule has 0 aliphatic heterocycles. The van der Waals surface area contributed by atoms with E-state index in [1.54, 1.807) is 0 Å². The van der Waals surface area contributed by atoms with Crippen molar-refractivity contribution in [1.82, 2.24) is 10.2 Å². The molecule has 0 radical (unpaired) electrons. The molecule has 0 unspecified atom stereocenters. The van der Waals surface area contributed by atoms with Gasteiger partial charge in [-0.15, -0.1) is 0 Å². The normalized spacial score (nSPS) is 12.8. The van der Waals surface area contributed by atoms with Crippen LogP contribution in [0.1, 0.15) is 36.5 Å². The SMILES string of the molecule is CCCCN(C)C[C@@H](CO)NC(c1ccccc1)(c1ccccc1)c1ccccc1. The van der Waals surface area contributed by atoms with Gasteiger partial charge in [0.15, 0.2) is 0 Å². The number of nitrogens with one attached hydrogen (secondary N) is 1. The molecule has 0 aliphatic rings. The zero-order valence-electron chi connectivity index (χ0n) is 18.2. The third kappa shape index (κ3) is 5.17. The molecule has 0 saturated carbocycles. The van der Waals surface area contributed by atoms with Crippen LogP contribution in [0.5, 0.6) is 0 Å². The highest BCUT2D eigenvalue weighted by Crippen LogP contribution is 2.37. The predicted molar refractivity (Wildman–Crippen MR) is 126 cm³/mol. The van der Waals surface area contributed by atoms with Gasteiger partial charge in [0.2, 0.25) is 0 Å². The minimum absolute atomic E-state index is 0.0741. The maximum Gasteiger partial charge on any atom is 0.0951 e. The minimum atomic E-state index is -0.553. The van der Waals surface area contributed by atoms with Gasteiger partial charge in [0, 0.05) is 12.6 Å². The van der Waals surface area contributed by atoms with E-state index >= 15 is 0 Å². The van der Waals surface area contributed by atoms with Crippen LogP contribution in [-0.4, -0.2) is 42.8 Å². The standard InChI is InChI=1S/C27H34N2O/c1-3-4-20-29(2)21-26(22-30)28-27(23-14-8-5-9-15-23,24-16-10-6-11-17-24)25-18-12-7-13-19-25/h5-19,26,28,30H,3-4,20-22H2,1-2H3/t26-/m0/s1. The molecule has 0 amide bonds. The van der Waals surface area contributed by atoms with Crippen LogP contribution in [0, 0.1) is 0 Å². The van der Waals surface area contributed by atoms with Crippen molar-refractivity contribution in [3.63, 3.8) is 0 Å². The maximum atomic E-state index is 10.3. The fourth-order valence-electron chi connectivity index (χ4n) is 4.17. The summed E-state index contributed by atoms with van der Waals surface area (Å²) in [4.78, 5) is 2.31. The Hall–Kier alpha value is -2.46. The molecular formula is C27H34N2O. The third-order valence-corrected chi connectivity index (χ3v) is 5.69. The van der Waals surface area contributed by atoms with Crippen molar-refractivity contribution < 1.29 is 5.11 Å². The average Bonchev–Trinajstić information content (AvgIpc) is 2.82. The van der Waals surface area contributed by atoms with Gasteiger partial charge in [0.1, 0.15) is 0 Å². The molecule has 0 heterocycles. The average molecular weight is 403 g/mol. The van der Waals surface area contributed by atoms with Crippen molar-refractivity contribution in [1.29, 1.82) is 0 Å². The topological polar surface area (TPSA) is 35.5 Å². The molecular weight excluding hydrogens is 368 g/mol. The largest absolute Gasteiger partial charge is 0.395 e. The summed E-state index contributed by atoms with van der Waals surface area (Å²) in [7, 11) is 2.13. The fraction of sp³-hybridized carbons (Fsp3) is 0.333. The van der Waals surface area contributed by atoms with Crippen molar-refractivity contribution in [2.75, 3.05) is 26.7 Å². The highest BCUT2D eigenvalue weighted by Gasteiger charge is 2.38. The van der Waals surface area contributed by atoms with E-state index in [0.717, 1.165) is 36.2 Å². The molecule has 0 saturated heterocycles. The molecule has 3 heteroatoms. The van der Waals surface area contributed by atoms with Crippen LogP contribution >= 0.6 is 0 Å². The Bertz CT molecular complexity index is 755. The smallest absolute Gasteiger partial charge is 0.0951 e. The van der Waals surface area contributed by atoms with Gasteiger partial charge in [-0.05, 0) is 36.7 Å². The van der Waals surface area contributed by atoms with E-state index in [2.05, 4.69) is 97.0 Å². The first-order valence-corrected chi connectivity index (χ1v) is 10.9. The number of likely N-dealkylation sites (N-methyl/N-ethyl adjacent to an activating group) is 1. The Balaban J connectivity index is 2.09. The van der Waals surface area contributed by atoms with E-state index in [0.29, 0.717) is 0 Å². The van der Waals surface area contributed by atoms with Gasteiger partial charge in [-0.3, -0.25) is 5.32 Å². The molecule has 3 aromatic rings. The lowest BCUT2D eigenvalue weighted by Crippen LogP contribution is -2.54. The molecule has 3 nitrogen and oxygen atoms in total. The van der Waals surface area contributed by atoms with Gasteiger partial charge in [0.05, 0.1) is 12.1 Å². The summed E-state index contributed by atoms with van der Waals surface area (Å²) in [6.45, 7) is 4.10. The molecule has 158 valence electrons.